The van der Waals surface area contributed by atoms with Gasteiger partial charge in [0, 0.05) is 5.56 Å². The highest BCUT2D eigenvalue weighted by Crippen LogP contribution is 2.41. The van der Waals surface area contributed by atoms with Gasteiger partial charge >= 0.3 is 13.6 Å². The first-order valence-corrected chi connectivity index (χ1v) is 7.80. The maximum absolute atomic E-state index is 11.1. The lowest BCUT2D eigenvalue weighted by atomic mass is 10.0. The van der Waals surface area contributed by atoms with E-state index in [1.807, 2.05) is 0 Å². The Morgan fingerprint density at radius 1 is 1.45 bits per heavy atom. The van der Waals surface area contributed by atoms with Gasteiger partial charge in [-0.2, -0.15) is 0 Å². The molecular formula is C12H18NO6P. The number of carbonyl (C=O) groups is 1. The minimum Gasteiger partial charge on any atom is -0.494 e. The van der Waals surface area contributed by atoms with Crippen molar-refractivity contribution in [3.63, 3.8) is 0 Å². The molecule has 7 nitrogen and oxygen atoms in total. The van der Waals surface area contributed by atoms with E-state index in [0.29, 0.717) is 23.5 Å². The third-order valence-electron chi connectivity index (χ3n) is 2.57. The van der Waals surface area contributed by atoms with Crippen molar-refractivity contribution in [2.45, 2.75) is 25.5 Å². The van der Waals surface area contributed by atoms with E-state index in [2.05, 4.69) is 0 Å². The van der Waals surface area contributed by atoms with E-state index in [1.54, 1.807) is 19.1 Å². The Kier molecular flexibility index (Phi) is 5.71. The highest BCUT2D eigenvalue weighted by Gasteiger charge is 2.19. The Morgan fingerprint density at radius 2 is 2.10 bits per heavy atom. The van der Waals surface area contributed by atoms with Crippen LogP contribution in [0.15, 0.2) is 18.2 Å². The number of nitrogens with two attached hydrogens (primary N) is 1. The molecule has 1 rings (SSSR count). The molecule has 0 radical (unpaired) electrons. The molecule has 0 bridgehead atoms. The van der Waals surface area contributed by atoms with Gasteiger partial charge in [0.2, 0.25) is 0 Å². The number of ether oxygens (including phenoxy) is 1. The van der Waals surface area contributed by atoms with Crippen LogP contribution in [0.25, 0.3) is 0 Å². The van der Waals surface area contributed by atoms with Crippen LogP contribution in [0.5, 0.6) is 5.75 Å². The lowest BCUT2D eigenvalue weighted by molar-refractivity contribution is -0.138. The van der Waals surface area contributed by atoms with Gasteiger partial charge in [0.25, 0.3) is 0 Å². The molecule has 0 aromatic heterocycles. The topological polar surface area (TPSA) is 130 Å². The third kappa shape index (κ3) is 5.30. The number of hydrogen-bond acceptors (Lipinski definition) is 4. The SMILES string of the molecule is CCOc1ccc(CC(N)C(=O)O)cc1CP(=O)(O)O. The fraction of sp³-hybridized carbons (Fsp3) is 0.417. The van der Waals surface area contributed by atoms with Gasteiger partial charge in [-0.3, -0.25) is 9.36 Å². The zero-order valence-corrected chi connectivity index (χ0v) is 11.9. The molecule has 0 heterocycles. The standard InChI is InChI=1S/C12H18NO6P/c1-2-19-11-4-3-8(6-10(13)12(14)15)5-9(11)7-20(16,17)18/h3-5,10H,2,6-7,13H2,1H3,(H,14,15)(H2,16,17,18). The van der Waals surface area contributed by atoms with Crippen molar-refractivity contribution < 1.29 is 29.0 Å². The van der Waals surface area contributed by atoms with Crippen LogP contribution in [0.1, 0.15) is 18.1 Å². The average Bonchev–Trinajstić information content (AvgIpc) is 2.30. The fourth-order valence-electron chi connectivity index (χ4n) is 1.74. The Balaban J connectivity index is 3.03. The first kappa shape index (κ1) is 16.7. The summed E-state index contributed by atoms with van der Waals surface area (Å²) in [6, 6.07) is 3.67. The third-order valence-corrected chi connectivity index (χ3v) is 3.33. The molecule has 0 spiro atoms. The van der Waals surface area contributed by atoms with Crippen molar-refractivity contribution in [2.24, 2.45) is 5.73 Å². The zero-order valence-electron chi connectivity index (χ0n) is 11.0. The predicted molar refractivity (Wildman–Crippen MR) is 72.7 cm³/mol. The summed E-state index contributed by atoms with van der Waals surface area (Å²) in [5.41, 5.74) is 6.37. The summed E-state index contributed by atoms with van der Waals surface area (Å²) in [5.74, 6) is -0.751. The first-order chi connectivity index (χ1) is 9.23. The molecule has 1 aromatic carbocycles. The van der Waals surface area contributed by atoms with Crippen LogP contribution in [-0.2, 0) is 21.9 Å². The lowest BCUT2D eigenvalue weighted by Crippen LogP contribution is -2.32. The molecule has 0 saturated heterocycles. The quantitative estimate of drug-likeness (QED) is 0.546. The molecule has 8 heteroatoms. The van der Waals surface area contributed by atoms with E-state index in [1.165, 1.54) is 6.07 Å². The minimum absolute atomic E-state index is 0.0793. The molecule has 20 heavy (non-hydrogen) atoms. The summed E-state index contributed by atoms with van der Waals surface area (Å²) in [6.45, 7) is 2.12. The lowest BCUT2D eigenvalue weighted by Gasteiger charge is -2.14. The van der Waals surface area contributed by atoms with Crippen molar-refractivity contribution in [3.8, 4) is 5.75 Å². The van der Waals surface area contributed by atoms with Crippen molar-refractivity contribution in [1.29, 1.82) is 0 Å². The van der Waals surface area contributed by atoms with Gasteiger partial charge < -0.3 is 25.4 Å². The van der Waals surface area contributed by atoms with Crippen LogP contribution in [0.3, 0.4) is 0 Å². The van der Waals surface area contributed by atoms with Crippen molar-refractivity contribution >= 4 is 13.6 Å². The maximum Gasteiger partial charge on any atom is 0.330 e. The van der Waals surface area contributed by atoms with E-state index in [0.717, 1.165) is 0 Å². The van der Waals surface area contributed by atoms with E-state index in [9.17, 15) is 9.36 Å². The van der Waals surface area contributed by atoms with Gasteiger partial charge in [0.05, 0.1) is 12.8 Å². The molecule has 0 amide bonds. The van der Waals surface area contributed by atoms with Crippen LogP contribution in [-0.4, -0.2) is 33.5 Å². The van der Waals surface area contributed by atoms with Gasteiger partial charge in [-0.05, 0) is 25.0 Å². The molecule has 1 atom stereocenters. The van der Waals surface area contributed by atoms with Gasteiger partial charge in [0.1, 0.15) is 11.8 Å². The van der Waals surface area contributed by atoms with E-state index in [-0.39, 0.29) is 6.42 Å². The van der Waals surface area contributed by atoms with Gasteiger partial charge in [-0.25, -0.2) is 0 Å². The van der Waals surface area contributed by atoms with Crippen LogP contribution >= 0.6 is 7.60 Å². The van der Waals surface area contributed by atoms with Crippen LogP contribution < -0.4 is 10.5 Å². The normalized spacial score (nSPS) is 13.0. The molecule has 0 aliphatic rings. The Labute approximate surface area is 116 Å². The van der Waals surface area contributed by atoms with Crippen molar-refractivity contribution in [3.05, 3.63) is 29.3 Å². The fourth-order valence-corrected chi connectivity index (χ4v) is 2.43. The maximum atomic E-state index is 11.1. The smallest absolute Gasteiger partial charge is 0.330 e. The molecule has 1 unspecified atom stereocenters. The minimum atomic E-state index is -4.24. The summed E-state index contributed by atoms with van der Waals surface area (Å²) in [4.78, 5) is 28.8. The monoisotopic (exact) mass is 303 g/mol. The van der Waals surface area contributed by atoms with Crippen molar-refractivity contribution in [2.75, 3.05) is 6.61 Å². The number of carboxylic acid groups (broad SMARTS) is 1. The summed E-state index contributed by atoms with van der Waals surface area (Å²) >= 11 is 0. The van der Waals surface area contributed by atoms with E-state index >= 15 is 0 Å². The Morgan fingerprint density at radius 3 is 2.60 bits per heavy atom. The van der Waals surface area contributed by atoms with Crippen LogP contribution in [0.2, 0.25) is 0 Å². The Bertz CT molecular complexity index is 527. The number of aliphatic carboxylic acids is 1. The second-order valence-electron chi connectivity index (χ2n) is 4.35. The van der Waals surface area contributed by atoms with E-state index in [4.69, 9.17) is 25.4 Å². The zero-order chi connectivity index (χ0) is 15.3. The molecule has 112 valence electrons. The summed E-state index contributed by atoms with van der Waals surface area (Å²) in [6.07, 6.45) is -0.381. The average molecular weight is 303 g/mol. The second kappa shape index (κ2) is 6.85. The molecular weight excluding hydrogens is 285 g/mol. The van der Waals surface area contributed by atoms with Gasteiger partial charge in [-0.15, -0.1) is 0 Å². The largest absolute Gasteiger partial charge is 0.494 e. The Hall–Kier alpha value is -1.40. The highest BCUT2D eigenvalue weighted by atomic mass is 31.2. The molecule has 0 aliphatic carbocycles. The van der Waals surface area contributed by atoms with Gasteiger partial charge in [-0.1, -0.05) is 12.1 Å². The summed E-state index contributed by atoms with van der Waals surface area (Å²) in [5, 5.41) is 8.76. The van der Waals surface area contributed by atoms with Crippen LogP contribution in [0, 0.1) is 0 Å². The summed E-state index contributed by atoms with van der Waals surface area (Å²) in [7, 11) is -4.24. The molecule has 0 fully saturated rings. The van der Waals surface area contributed by atoms with Gasteiger partial charge in [0.15, 0.2) is 0 Å². The van der Waals surface area contributed by atoms with Crippen LogP contribution in [0.4, 0.5) is 0 Å². The molecule has 0 aliphatic heterocycles. The highest BCUT2D eigenvalue weighted by molar-refractivity contribution is 7.50. The predicted octanol–water partition coefficient (Wildman–Crippen LogP) is 0.717. The van der Waals surface area contributed by atoms with E-state index < -0.39 is 25.8 Å². The number of hydrogen-bond donors (Lipinski definition) is 4. The molecule has 5 N–H and O–H groups in total. The second-order valence-corrected chi connectivity index (χ2v) is 5.99. The van der Waals surface area contributed by atoms with Crippen molar-refractivity contribution in [1.82, 2.24) is 0 Å². The number of carboxylic acids is 1. The molecule has 0 saturated carbocycles. The number of benzene rings is 1. The molecule has 1 aromatic rings. The summed E-state index contributed by atoms with van der Waals surface area (Å²) < 4.78 is 16.4. The number of rotatable bonds is 7. The first-order valence-electron chi connectivity index (χ1n) is 6.00.